The number of benzene rings is 2. The van der Waals surface area contributed by atoms with E-state index in [1.54, 1.807) is 7.11 Å². The van der Waals surface area contributed by atoms with Gasteiger partial charge >= 0.3 is 0 Å². The van der Waals surface area contributed by atoms with Gasteiger partial charge in [0.2, 0.25) is 0 Å². The molecule has 3 rings (SSSR count). The van der Waals surface area contributed by atoms with E-state index in [-0.39, 0.29) is 0 Å². The monoisotopic (exact) mass is 380 g/mol. The summed E-state index contributed by atoms with van der Waals surface area (Å²) in [4.78, 5) is 4.94. The first-order chi connectivity index (χ1) is 13.7. The minimum atomic E-state index is 0.726. The molecule has 150 valence electrons. The molecule has 28 heavy (non-hydrogen) atoms. The van der Waals surface area contributed by atoms with E-state index < -0.39 is 0 Å². The average Bonchev–Trinajstić information content (AvgIpc) is 2.74. The first-order valence-corrected chi connectivity index (χ1v) is 10.2. The van der Waals surface area contributed by atoms with Crippen LogP contribution in [0.1, 0.15) is 24.0 Å². The third-order valence-electron chi connectivity index (χ3n) is 5.18. The van der Waals surface area contributed by atoms with Gasteiger partial charge in [0, 0.05) is 26.2 Å². The van der Waals surface area contributed by atoms with Crippen molar-refractivity contribution < 1.29 is 9.47 Å². The van der Waals surface area contributed by atoms with Gasteiger partial charge in [-0.15, -0.1) is 0 Å². The maximum absolute atomic E-state index is 5.98. The highest BCUT2D eigenvalue weighted by Gasteiger charge is 2.12. The summed E-state index contributed by atoms with van der Waals surface area (Å²) in [7, 11) is 3.89. The van der Waals surface area contributed by atoms with Crippen molar-refractivity contribution in [1.82, 2.24) is 9.80 Å². The minimum Gasteiger partial charge on any atom is -0.493 e. The second-order valence-corrected chi connectivity index (χ2v) is 7.35. The number of rotatable bonds is 9. The van der Waals surface area contributed by atoms with Gasteiger partial charge in [-0.05, 0) is 49.7 Å². The molecule has 2 aromatic rings. The summed E-state index contributed by atoms with van der Waals surface area (Å²) in [5, 5.41) is 0. The van der Waals surface area contributed by atoms with Crippen LogP contribution in [0.25, 0.3) is 12.2 Å². The number of hydrogen-bond acceptors (Lipinski definition) is 4. The van der Waals surface area contributed by atoms with E-state index in [0.717, 1.165) is 36.6 Å². The molecule has 0 amide bonds. The summed E-state index contributed by atoms with van der Waals surface area (Å²) in [6, 6.07) is 16.4. The van der Waals surface area contributed by atoms with Gasteiger partial charge in [-0.25, -0.2) is 0 Å². The fourth-order valence-electron chi connectivity index (χ4n) is 3.35. The van der Waals surface area contributed by atoms with Gasteiger partial charge in [-0.1, -0.05) is 48.6 Å². The number of piperazine rings is 1. The molecule has 0 N–H and O–H groups in total. The molecule has 0 bridgehead atoms. The van der Waals surface area contributed by atoms with Gasteiger partial charge in [0.1, 0.15) is 0 Å². The first kappa shape index (κ1) is 20.4. The predicted molar refractivity (Wildman–Crippen MR) is 117 cm³/mol. The van der Waals surface area contributed by atoms with Gasteiger partial charge in [-0.2, -0.15) is 0 Å². The van der Waals surface area contributed by atoms with Gasteiger partial charge in [0.25, 0.3) is 0 Å². The lowest BCUT2D eigenvalue weighted by atomic mass is 10.1. The summed E-state index contributed by atoms with van der Waals surface area (Å²) >= 11 is 0. The Morgan fingerprint density at radius 1 is 0.857 bits per heavy atom. The first-order valence-electron chi connectivity index (χ1n) is 10.2. The lowest BCUT2D eigenvalue weighted by Gasteiger charge is -2.32. The largest absolute Gasteiger partial charge is 0.493 e. The number of hydrogen-bond donors (Lipinski definition) is 0. The van der Waals surface area contributed by atoms with Crippen molar-refractivity contribution in [1.29, 1.82) is 0 Å². The van der Waals surface area contributed by atoms with E-state index in [0.29, 0.717) is 0 Å². The Bertz CT molecular complexity index is 738. The molecule has 1 aliphatic heterocycles. The van der Waals surface area contributed by atoms with Gasteiger partial charge < -0.3 is 19.3 Å². The Hall–Kier alpha value is -2.30. The average molecular weight is 381 g/mol. The van der Waals surface area contributed by atoms with Crippen molar-refractivity contribution in [2.45, 2.75) is 12.8 Å². The second-order valence-electron chi connectivity index (χ2n) is 7.35. The fraction of sp³-hybridized carbons (Fsp3) is 0.417. The number of unbranched alkanes of at least 4 members (excludes halogenated alkanes) is 1. The van der Waals surface area contributed by atoms with Crippen LogP contribution in [0.4, 0.5) is 0 Å². The summed E-state index contributed by atoms with van der Waals surface area (Å²) in [5.41, 5.74) is 2.28. The maximum Gasteiger partial charge on any atom is 0.161 e. The van der Waals surface area contributed by atoms with Crippen LogP contribution in [0.5, 0.6) is 11.5 Å². The quantitative estimate of drug-likeness (QED) is 0.479. The van der Waals surface area contributed by atoms with Crippen LogP contribution in [-0.2, 0) is 0 Å². The summed E-state index contributed by atoms with van der Waals surface area (Å²) < 4.78 is 11.5. The Morgan fingerprint density at radius 3 is 2.36 bits per heavy atom. The smallest absolute Gasteiger partial charge is 0.161 e. The lowest BCUT2D eigenvalue weighted by Crippen LogP contribution is -2.44. The van der Waals surface area contributed by atoms with Crippen LogP contribution in [-0.4, -0.2) is 63.3 Å². The van der Waals surface area contributed by atoms with Crippen LogP contribution >= 0.6 is 0 Å². The van der Waals surface area contributed by atoms with Crippen molar-refractivity contribution in [3.8, 4) is 11.5 Å². The molecule has 1 fully saturated rings. The van der Waals surface area contributed by atoms with Gasteiger partial charge in [-0.3, -0.25) is 0 Å². The zero-order valence-electron chi connectivity index (χ0n) is 17.1. The van der Waals surface area contributed by atoms with E-state index in [2.05, 4.69) is 47.2 Å². The summed E-state index contributed by atoms with van der Waals surface area (Å²) in [5.74, 6) is 1.60. The Morgan fingerprint density at radius 2 is 1.61 bits per heavy atom. The van der Waals surface area contributed by atoms with Crippen molar-refractivity contribution in [3.63, 3.8) is 0 Å². The van der Waals surface area contributed by atoms with Crippen molar-refractivity contribution in [3.05, 3.63) is 59.7 Å². The van der Waals surface area contributed by atoms with Crippen LogP contribution in [0.2, 0.25) is 0 Å². The normalized spacial score (nSPS) is 15.8. The van der Waals surface area contributed by atoms with Crippen LogP contribution in [0, 0.1) is 0 Å². The molecular formula is C24H32N2O2. The zero-order chi connectivity index (χ0) is 19.6. The van der Waals surface area contributed by atoms with E-state index in [9.17, 15) is 0 Å². The molecule has 0 unspecified atom stereocenters. The highest BCUT2D eigenvalue weighted by Crippen LogP contribution is 2.29. The van der Waals surface area contributed by atoms with Crippen molar-refractivity contribution >= 4 is 12.2 Å². The number of likely N-dealkylation sites (N-methyl/N-ethyl adjacent to an activating group) is 1. The zero-order valence-corrected chi connectivity index (χ0v) is 17.1. The summed E-state index contributed by atoms with van der Waals surface area (Å²) in [6.45, 7) is 6.62. The molecule has 4 nitrogen and oxygen atoms in total. The molecule has 2 aromatic carbocycles. The fourth-order valence-corrected chi connectivity index (χ4v) is 3.35. The topological polar surface area (TPSA) is 24.9 Å². The highest BCUT2D eigenvalue weighted by atomic mass is 16.5. The highest BCUT2D eigenvalue weighted by molar-refractivity contribution is 5.70. The molecule has 0 aromatic heterocycles. The molecule has 1 heterocycles. The van der Waals surface area contributed by atoms with E-state index in [1.807, 2.05) is 30.3 Å². The number of methoxy groups -OCH3 is 1. The molecule has 0 spiro atoms. The molecule has 1 aliphatic rings. The molecule has 1 saturated heterocycles. The molecule has 0 aliphatic carbocycles. The predicted octanol–water partition coefficient (Wildman–Crippen LogP) is 4.27. The van der Waals surface area contributed by atoms with Gasteiger partial charge in [0.05, 0.1) is 13.7 Å². The number of ether oxygens (including phenoxy) is 2. The molecular weight excluding hydrogens is 348 g/mol. The third-order valence-corrected chi connectivity index (χ3v) is 5.18. The van der Waals surface area contributed by atoms with Crippen molar-refractivity contribution in [2.24, 2.45) is 0 Å². The van der Waals surface area contributed by atoms with Crippen LogP contribution in [0.15, 0.2) is 48.5 Å². The Labute approximate surface area is 169 Å². The summed E-state index contributed by atoms with van der Waals surface area (Å²) in [6.07, 6.45) is 6.43. The van der Waals surface area contributed by atoms with Crippen molar-refractivity contribution in [2.75, 3.05) is 53.5 Å². The molecule has 4 heteroatoms. The third kappa shape index (κ3) is 6.39. The minimum absolute atomic E-state index is 0.726. The van der Waals surface area contributed by atoms with Gasteiger partial charge in [0.15, 0.2) is 11.5 Å². The maximum atomic E-state index is 5.98. The standard InChI is InChI=1S/C24H32N2O2/c1-25-15-17-26(18-16-25)14-6-7-19-28-23-13-12-22(20-24(23)27-2)11-10-21-8-4-3-5-9-21/h3-5,8-13,20H,6-7,14-19H2,1-2H3. The Kier molecular flexibility index (Phi) is 7.94. The van der Waals surface area contributed by atoms with E-state index >= 15 is 0 Å². The van der Waals surface area contributed by atoms with E-state index in [4.69, 9.17) is 9.47 Å². The second kappa shape index (κ2) is 10.9. The van der Waals surface area contributed by atoms with Crippen LogP contribution < -0.4 is 9.47 Å². The Balaban J connectivity index is 1.44. The number of nitrogens with zero attached hydrogens (tertiary/aromatic N) is 2. The molecule has 0 atom stereocenters. The lowest BCUT2D eigenvalue weighted by molar-refractivity contribution is 0.149. The SMILES string of the molecule is COc1cc(C=Cc2ccccc2)ccc1OCCCCN1CCN(C)CC1. The van der Waals surface area contributed by atoms with E-state index in [1.165, 1.54) is 38.2 Å². The molecule has 0 radical (unpaired) electrons. The molecule has 0 saturated carbocycles. The van der Waals surface area contributed by atoms with Crippen LogP contribution in [0.3, 0.4) is 0 Å².